The van der Waals surface area contributed by atoms with E-state index in [0.717, 1.165) is 6.54 Å². The standard InChI is InChI=1S/C6H11N2.BrH.ClH/c1-3-8-5-4-7(2)6-8;;/h4-6H,3H2,1-2H3;2*1H/q+1;;. The zero-order valence-electron chi connectivity index (χ0n) is 6.15. The molecule has 0 amide bonds. The van der Waals surface area contributed by atoms with Crippen molar-refractivity contribution in [1.82, 2.24) is 4.57 Å². The Labute approximate surface area is 78.0 Å². The third-order valence-corrected chi connectivity index (χ3v) is 1.19. The average molecular weight is 229 g/mol. The van der Waals surface area contributed by atoms with E-state index in [0.29, 0.717) is 0 Å². The third kappa shape index (κ3) is 3.22. The molecule has 0 aliphatic heterocycles. The Morgan fingerprint density at radius 1 is 1.50 bits per heavy atom. The number of halogens is 2. The first-order chi connectivity index (χ1) is 3.83. The van der Waals surface area contributed by atoms with E-state index in [1.807, 2.05) is 17.8 Å². The van der Waals surface area contributed by atoms with E-state index in [4.69, 9.17) is 0 Å². The Hall–Kier alpha value is -0.0200. The summed E-state index contributed by atoms with van der Waals surface area (Å²) < 4.78 is 4.16. The molecule has 0 aliphatic carbocycles. The third-order valence-electron chi connectivity index (χ3n) is 1.19. The van der Waals surface area contributed by atoms with Gasteiger partial charge in [-0.3, -0.25) is 0 Å². The van der Waals surface area contributed by atoms with Gasteiger partial charge in [-0.15, -0.1) is 29.4 Å². The predicted octanol–water partition coefficient (Wildman–Crippen LogP) is 1.33. The molecule has 0 N–H and O–H groups in total. The summed E-state index contributed by atoms with van der Waals surface area (Å²) in [7, 11) is 2.02. The Kier molecular flexibility index (Phi) is 7.26. The van der Waals surface area contributed by atoms with Crippen LogP contribution in [0.15, 0.2) is 18.7 Å². The number of imidazole rings is 1. The maximum atomic E-state index is 2.12. The number of aromatic nitrogens is 2. The molecule has 0 saturated heterocycles. The van der Waals surface area contributed by atoms with Crippen LogP contribution in [0.2, 0.25) is 0 Å². The molecule has 0 atom stereocenters. The van der Waals surface area contributed by atoms with E-state index in [9.17, 15) is 0 Å². The molecule has 0 unspecified atom stereocenters. The summed E-state index contributed by atoms with van der Waals surface area (Å²) in [5, 5.41) is 0. The lowest BCUT2D eigenvalue weighted by Crippen LogP contribution is -2.23. The molecule has 0 spiro atoms. The normalized spacial score (nSPS) is 7.80. The molecule has 0 radical (unpaired) electrons. The van der Waals surface area contributed by atoms with E-state index < -0.39 is 0 Å². The number of aryl methyl sites for hydroxylation is 2. The van der Waals surface area contributed by atoms with Crippen LogP contribution in [0.4, 0.5) is 0 Å². The topological polar surface area (TPSA) is 8.81 Å². The molecule has 0 bridgehead atoms. The van der Waals surface area contributed by atoms with E-state index in [2.05, 4.69) is 24.0 Å². The maximum Gasteiger partial charge on any atom is 0.243 e. The molecule has 0 aliphatic rings. The zero-order valence-corrected chi connectivity index (χ0v) is 8.68. The van der Waals surface area contributed by atoms with E-state index >= 15 is 0 Å². The Bertz CT molecular complexity index is 176. The van der Waals surface area contributed by atoms with Crippen LogP contribution in [0.3, 0.4) is 0 Å². The lowest BCUT2D eigenvalue weighted by Gasteiger charge is -1.81. The van der Waals surface area contributed by atoms with Crippen molar-refractivity contribution in [3.8, 4) is 0 Å². The highest BCUT2D eigenvalue weighted by atomic mass is 79.9. The van der Waals surface area contributed by atoms with Crippen LogP contribution in [-0.4, -0.2) is 4.57 Å². The Balaban J connectivity index is 0. The van der Waals surface area contributed by atoms with Crippen molar-refractivity contribution in [3.63, 3.8) is 0 Å². The summed E-state index contributed by atoms with van der Waals surface area (Å²) in [5.41, 5.74) is 0. The molecule has 4 heteroatoms. The molecule has 0 saturated carbocycles. The zero-order chi connectivity index (χ0) is 5.98. The number of hydrogen-bond donors (Lipinski definition) is 0. The van der Waals surface area contributed by atoms with Gasteiger partial charge in [0.15, 0.2) is 0 Å². The van der Waals surface area contributed by atoms with Crippen molar-refractivity contribution in [3.05, 3.63) is 18.7 Å². The summed E-state index contributed by atoms with van der Waals surface area (Å²) in [6.45, 7) is 3.18. The lowest BCUT2D eigenvalue weighted by atomic mass is 10.7. The fourth-order valence-corrected chi connectivity index (χ4v) is 0.689. The molecule has 60 valence electrons. The van der Waals surface area contributed by atoms with Gasteiger partial charge in [-0.05, 0) is 6.92 Å². The summed E-state index contributed by atoms with van der Waals surface area (Å²) in [5.74, 6) is 0. The van der Waals surface area contributed by atoms with E-state index in [-0.39, 0.29) is 29.4 Å². The van der Waals surface area contributed by atoms with Crippen LogP contribution in [-0.2, 0) is 13.6 Å². The van der Waals surface area contributed by atoms with Crippen molar-refractivity contribution in [2.45, 2.75) is 13.5 Å². The Morgan fingerprint density at radius 2 is 2.10 bits per heavy atom. The molecule has 0 fully saturated rings. The van der Waals surface area contributed by atoms with Gasteiger partial charge >= 0.3 is 0 Å². The molecule has 1 heterocycles. The SMILES string of the molecule is Br.CCn1cc[n+](C)c1.Cl. The quantitative estimate of drug-likeness (QED) is 0.642. The van der Waals surface area contributed by atoms with Crippen LogP contribution in [0.25, 0.3) is 0 Å². The van der Waals surface area contributed by atoms with Crippen LogP contribution in [0, 0.1) is 0 Å². The van der Waals surface area contributed by atoms with Crippen molar-refractivity contribution in [1.29, 1.82) is 0 Å². The highest BCUT2D eigenvalue weighted by molar-refractivity contribution is 8.93. The van der Waals surface area contributed by atoms with Gasteiger partial charge in [-0.25, -0.2) is 9.13 Å². The van der Waals surface area contributed by atoms with Gasteiger partial charge in [-0.2, -0.15) is 0 Å². The van der Waals surface area contributed by atoms with Crippen LogP contribution >= 0.6 is 29.4 Å². The van der Waals surface area contributed by atoms with Gasteiger partial charge in [0.2, 0.25) is 6.33 Å². The predicted molar refractivity (Wildman–Crippen MR) is 48.9 cm³/mol. The first-order valence-electron chi connectivity index (χ1n) is 2.84. The molecule has 0 aromatic carbocycles. The smallest absolute Gasteiger partial charge is 0.240 e. The van der Waals surface area contributed by atoms with Gasteiger partial charge in [0, 0.05) is 0 Å². The fourth-order valence-electron chi connectivity index (χ4n) is 0.689. The molecular formula is C6H13BrClN2+. The van der Waals surface area contributed by atoms with E-state index in [1.54, 1.807) is 0 Å². The molecule has 1 rings (SSSR count). The highest BCUT2D eigenvalue weighted by Crippen LogP contribution is 1.79. The minimum atomic E-state index is 0. The molecule has 10 heavy (non-hydrogen) atoms. The lowest BCUT2D eigenvalue weighted by molar-refractivity contribution is -0.671. The van der Waals surface area contributed by atoms with E-state index in [1.165, 1.54) is 0 Å². The summed E-state index contributed by atoms with van der Waals surface area (Å²) in [4.78, 5) is 0. The van der Waals surface area contributed by atoms with Gasteiger partial charge in [-0.1, -0.05) is 0 Å². The number of nitrogens with zero attached hydrogens (tertiary/aromatic N) is 2. The minimum absolute atomic E-state index is 0. The number of rotatable bonds is 1. The van der Waals surface area contributed by atoms with Gasteiger partial charge in [0.25, 0.3) is 0 Å². The van der Waals surface area contributed by atoms with Crippen LogP contribution in [0.5, 0.6) is 0 Å². The van der Waals surface area contributed by atoms with Crippen molar-refractivity contribution < 1.29 is 4.57 Å². The fraction of sp³-hybridized carbons (Fsp3) is 0.500. The van der Waals surface area contributed by atoms with Crippen molar-refractivity contribution in [2.75, 3.05) is 0 Å². The Morgan fingerprint density at radius 3 is 2.30 bits per heavy atom. The first-order valence-corrected chi connectivity index (χ1v) is 2.84. The van der Waals surface area contributed by atoms with Gasteiger partial charge < -0.3 is 0 Å². The second-order valence-electron chi connectivity index (χ2n) is 1.91. The second-order valence-corrected chi connectivity index (χ2v) is 1.91. The van der Waals surface area contributed by atoms with Crippen LogP contribution < -0.4 is 4.57 Å². The minimum Gasteiger partial charge on any atom is -0.240 e. The molecule has 1 aromatic heterocycles. The average Bonchev–Trinajstić information content (AvgIpc) is 2.14. The molecular weight excluding hydrogens is 215 g/mol. The number of hydrogen-bond acceptors (Lipinski definition) is 0. The van der Waals surface area contributed by atoms with Gasteiger partial charge in [0.05, 0.1) is 13.6 Å². The summed E-state index contributed by atoms with van der Waals surface area (Å²) in [6, 6.07) is 0. The molecule has 2 nitrogen and oxygen atoms in total. The van der Waals surface area contributed by atoms with Crippen molar-refractivity contribution in [2.24, 2.45) is 7.05 Å². The summed E-state index contributed by atoms with van der Waals surface area (Å²) >= 11 is 0. The van der Waals surface area contributed by atoms with Crippen LogP contribution in [0.1, 0.15) is 6.92 Å². The maximum absolute atomic E-state index is 2.12. The van der Waals surface area contributed by atoms with Gasteiger partial charge in [0.1, 0.15) is 12.4 Å². The summed E-state index contributed by atoms with van der Waals surface area (Å²) in [6.07, 6.45) is 6.14. The second kappa shape index (κ2) is 5.74. The monoisotopic (exact) mass is 227 g/mol. The largest absolute Gasteiger partial charge is 0.243 e. The first kappa shape index (κ1) is 12.6. The highest BCUT2D eigenvalue weighted by Gasteiger charge is 1.92. The molecule has 1 aromatic rings. The van der Waals surface area contributed by atoms with Crippen molar-refractivity contribution >= 4 is 29.4 Å².